The normalized spacial score (nSPS) is 12.3. The van der Waals surface area contributed by atoms with Crippen molar-refractivity contribution in [3.05, 3.63) is 53.8 Å². The first kappa shape index (κ1) is 14.7. The molecule has 2 aromatic rings. The monoisotopic (exact) mass is 314 g/mol. The van der Waals surface area contributed by atoms with Crippen LogP contribution in [-0.2, 0) is 4.79 Å². The molecule has 1 aliphatic rings. The molecule has 1 N–H and O–H groups in total. The summed E-state index contributed by atoms with van der Waals surface area (Å²) in [5.41, 5.74) is 0.893. The Labute approximate surface area is 130 Å². The fraction of sp³-hybridized carbons (Fsp3) is 0.0625. The van der Waals surface area contributed by atoms with Gasteiger partial charge in [0.2, 0.25) is 12.2 Å². The lowest BCUT2D eigenvalue weighted by Gasteiger charge is -2.17. The number of urea groups is 1. The van der Waals surface area contributed by atoms with Crippen LogP contribution in [-0.4, -0.2) is 24.8 Å². The smallest absolute Gasteiger partial charge is 0.332 e. The molecule has 7 heteroatoms. The maximum absolute atomic E-state index is 12.9. The summed E-state index contributed by atoms with van der Waals surface area (Å²) in [4.78, 5) is 35.9. The Morgan fingerprint density at radius 3 is 2.65 bits per heavy atom. The number of carbonyl (C=O) groups is 3. The first-order valence-corrected chi connectivity index (χ1v) is 6.69. The van der Waals surface area contributed by atoms with Crippen molar-refractivity contribution in [3.8, 4) is 5.75 Å². The van der Waals surface area contributed by atoms with Crippen molar-refractivity contribution >= 4 is 29.6 Å². The molecule has 0 aromatic heterocycles. The van der Waals surface area contributed by atoms with Crippen LogP contribution in [0.15, 0.2) is 42.5 Å². The van der Waals surface area contributed by atoms with Crippen LogP contribution in [0, 0.1) is 5.82 Å². The van der Waals surface area contributed by atoms with Gasteiger partial charge in [0.25, 0.3) is 0 Å². The van der Waals surface area contributed by atoms with Crippen LogP contribution in [0.25, 0.3) is 0 Å². The molecule has 0 fully saturated rings. The highest BCUT2D eigenvalue weighted by atomic mass is 19.1. The largest absolute Gasteiger partial charge is 0.485 e. The SMILES string of the molecule is O=CN(C(=O)Nc1ccc(F)cc1)c1ccc2c(c1)C(=O)CO2. The number of ether oxygens (including phenoxy) is 1. The van der Waals surface area contributed by atoms with E-state index in [4.69, 9.17) is 4.74 Å². The predicted octanol–water partition coefficient (Wildman–Crippen LogP) is 2.60. The van der Waals surface area contributed by atoms with E-state index in [0.29, 0.717) is 23.4 Å². The Balaban J connectivity index is 1.83. The van der Waals surface area contributed by atoms with E-state index >= 15 is 0 Å². The number of hydrogen-bond donors (Lipinski definition) is 1. The van der Waals surface area contributed by atoms with Gasteiger partial charge in [-0.25, -0.2) is 14.1 Å². The van der Waals surface area contributed by atoms with Gasteiger partial charge in [-0.15, -0.1) is 0 Å². The maximum Gasteiger partial charge on any atom is 0.332 e. The van der Waals surface area contributed by atoms with Crippen LogP contribution in [0.2, 0.25) is 0 Å². The van der Waals surface area contributed by atoms with E-state index in [-0.39, 0.29) is 18.1 Å². The van der Waals surface area contributed by atoms with Crippen LogP contribution < -0.4 is 15.0 Å². The summed E-state index contributed by atoms with van der Waals surface area (Å²) in [5.74, 6) is -0.234. The minimum Gasteiger partial charge on any atom is -0.485 e. The summed E-state index contributed by atoms with van der Waals surface area (Å²) < 4.78 is 18.0. The van der Waals surface area contributed by atoms with Gasteiger partial charge >= 0.3 is 6.03 Å². The second kappa shape index (κ2) is 5.88. The van der Waals surface area contributed by atoms with Gasteiger partial charge in [-0.3, -0.25) is 9.59 Å². The molecule has 2 aromatic carbocycles. The highest BCUT2D eigenvalue weighted by Crippen LogP contribution is 2.29. The molecule has 0 spiro atoms. The van der Waals surface area contributed by atoms with Gasteiger partial charge in [-0.2, -0.15) is 0 Å². The third-order valence-electron chi connectivity index (χ3n) is 3.32. The zero-order chi connectivity index (χ0) is 16.4. The number of rotatable bonds is 3. The lowest BCUT2D eigenvalue weighted by molar-refractivity contribution is -0.106. The summed E-state index contributed by atoms with van der Waals surface area (Å²) in [6, 6.07) is 8.83. The number of carbonyl (C=O) groups excluding carboxylic acids is 3. The van der Waals surface area contributed by atoms with Crippen molar-refractivity contribution in [1.29, 1.82) is 0 Å². The number of nitrogens with zero attached hydrogens (tertiary/aromatic N) is 1. The summed E-state index contributed by atoms with van der Waals surface area (Å²) in [6.45, 7) is -0.0539. The number of nitrogens with one attached hydrogen (secondary N) is 1. The van der Waals surface area contributed by atoms with E-state index in [1.54, 1.807) is 0 Å². The third kappa shape index (κ3) is 2.89. The maximum atomic E-state index is 12.9. The number of ketones is 1. The van der Waals surface area contributed by atoms with Gasteiger partial charge in [0.15, 0.2) is 6.61 Å². The van der Waals surface area contributed by atoms with Gasteiger partial charge in [0.05, 0.1) is 11.3 Å². The molecule has 0 unspecified atom stereocenters. The molecule has 6 nitrogen and oxygen atoms in total. The number of benzene rings is 2. The standard InChI is InChI=1S/C16H11FN2O4/c17-10-1-3-11(4-2-10)18-16(22)19(9-20)12-5-6-15-13(7-12)14(21)8-23-15/h1-7,9H,8H2,(H,18,22). The minimum atomic E-state index is -0.724. The predicted molar refractivity (Wildman–Crippen MR) is 80.2 cm³/mol. The quantitative estimate of drug-likeness (QED) is 0.884. The third-order valence-corrected chi connectivity index (χ3v) is 3.32. The molecular formula is C16H11FN2O4. The van der Waals surface area contributed by atoms with Gasteiger partial charge in [0.1, 0.15) is 11.6 Å². The van der Waals surface area contributed by atoms with Crippen LogP contribution in [0.1, 0.15) is 10.4 Å². The van der Waals surface area contributed by atoms with E-state index < -0.39 is 11.8 Å². The molecule has 116 valence electrons. The molecule has 0 bridgehead atoms. The van der Waals surface area contributed by atoms with Crippen molar-refractivity contribution in [2.45, 2.75) is 0 Å². The number of imide groups is 1. The van der Waals surface area contributed by atoms with E-state index in [2.05, 4.69) is 5.32 Å². The molecule has 3 amide bonds. The summed E-state index contributed by atoms with van der Waals surface area (Å²) in [5, 5.41) is 2.47. The molecule has 0 saturated carbocycles. The topological polar surface area (TPSA) is 75.7 Å². The average Bonchev–Trinajstić information content (AvgIpc) is 2.91. The Morgan fingerprint density at radius 2 is 1.96 bits per heavy atom. The molecule has 1 aliphatic heterocycles. The molecule has 3 rings (SSSR count). The number of hydrogen-bond acceptors (Lipinski definition) is 4. The molecule has 0 aliphatic carbocycles. The lowest BCUT2D eigenvalue weighted by atomic mass is 10.1. The van der Waals surface area contributed by atoms with Crippen molar-refractivity contribution in [1.82, 2.24) is 0 Å². The molecule has 23 heavy (non-hydrogen) atoms. The van der Waals surface area contributed by atoms with Crippen LogP contribution >= 0.6 is 0 Å². The highest BCUT2D eigenvalue weighted by molar-refractivity contribution is 6.13. The van der Waals surface area contributed by atoms with Crippen molar-refractivity contribution < 1.29 is 23.5 Å². The Morgan fingerprint density at radius 1 is 1.22 bits per heavy atom. The molecule has 0 radical (unpaired) electrons. The fourth-order valence-corrected chi connectivity index (χ4v) is 2.18. The molecule has 0 atom stereocenters. The zero-order valence-electron chi connectivity index (χ0n) is 11.8. The molecule has 0 saturated heterocycles. The first-order chi connectivity index (χ1) is 11.1. The zero-order valence-corrected chi connectivity index (χ0v) is 11.8. The van der Waals surface area contributed by atoms with Crippen LogP contribution in [0.4, 0.5) is 20.6 Å². The number of halogens is 1. The number of anilines is 2. The van der Waals surface area contributed by atoms with Gasteiger partial charge in [0, 0.05) is 5.69 Å². The fourth-order valence-electron chi connectivity index (χ4n) is 2.18. The average molecular weight is 314 g/mol. The van der Waals surface area contributed by atoms with Crippen molar-refractivity contribution in [2.75, 3.05) is 16.8 Å². The Bertz CT molecular complexity index is 789. The highest BCUT2D eigenvalue weighted by Gasteiger charge is 2.24. The van der Waals surface area contributed by atoms with Gasteiger partial charge < -0.3 is 10.1 Å². The molecular weight excluding hydrogens is 303 g/mol. The molecule has 1 heterocycles. The first-order valence-electron chi connectivity index (χ1n) is 6.69. The second-order valence-corrected chi connectivity index (χ2v) is 4.80. The van der Waals surface area contributed by atoms with Crippen molar-refractivity contribution in [3.63, 3.8) is 0 Å². The Hall–Kier alpha value is -3.22. The van der Waals surface area contributed by atoms with E-state index in [1.165, 1.54) is 42.5 Å². The minimum absolute atomic E-state index is 0.0539. The summed E-state index contributed by atoms with van der Waals surface area (Å²) in [7, 11) is 0. The number of amides is 3. The van der Waals surface area contributed by atoms with E-state index in [9.17, 15) is 18.8 Å². The van der Waals surface area contributed by atoms with Crippen molar-refractivity contribution in [2.24, 2.45) is 0 Å². The number of fused-ring (bicyclic) bond motifs is 1. The lowest BCUT2D eigenvalue weighted by Crippen LogP contribution is -2.33. The number of Topliss-reactive ketones (excluding diaryl/α,β-unsaturated/α-hetero) is 1. The van der Waals surface area contributed by atoms with E-state index in [0.717, 1.165) is 4.90 Å². The summed E-state index contributed by atoms with van der Waals surface area (Å²) in [6.07, 6.45) is 0.334. The Kier molecular flexibility index (Phi) is 3.76. The van der Waals surface area contributed by atoms with E-state index in [1.807, 2.05) is 0 Å². The second-order valence-electron chi connectivity index (χ2n) is 4.80. The van der Waals surface area contributed by atoms with Crippen LogP contribution in [0.5, 0.6) is 5.75 Å². The van der Waals surface area contributed by atoms with Gasteiger partial charge in [-0.1, -0.05) is 0 Å². The summed E-state index contributed by atoms with van der Waals surface area (Å²) >= 11 is 0. The van der Waals surface area contributed by atoms with Gasteiger partial charge in [-0.05, 0) is 42.5 Å². The van der Waals surface area contributed by atoms with Crippen LogP contribution in [0.3, 0.4) is 0 Å².